The van der Waals surface area contributed by atoms with Gasteiger partial charge < -0.3 is 9.64 Å². The molecular weight excluding hydrogens is 542 g/mol. The summed E-state index contributed by atoms with van der Waals surface area (Å²) in [6.07, 6.45) is 4.05. The highest BCUT2D eigenvalue weighted by Crippen LogP contribution is 2.54. The van der Waals surface area contributed by atoms with E-state index in [0.29, 0.717) is 35.5 Å². The molecule has 2 atom stereocenters. The number of benzene rings is 1. The van der Waals surface area contributed by atoms with E-state index in [4.69, 9.17) is 16.3 Å². The predicted molar refractivity (Wildman–Crippen MR) is 145 cm³/mol. The van der Waals surface area contributed by atoms with Crippen molar-refractivity contribution in [1.29, 1.82) is 0 Å². The Morgan fingerprint density at radius 2 is 1.92 bits per heavy atom. The largest absolute Gasteiger partial charge is 0.481 e. The van der Waals surface area contributed by atoms with Crippen molar-refractivity contribution in [3.8, 4) is 5.88 Å². The molecular formula is C27H28ClN5O5S. The number of nitrogens with zero attached hydrogens (tertiary/aromatic N) is 5. The van der Waals surface area contributed by atoms with E-state index in [2.05, 4.69) is 9.97 Å². The van der Waals surface area contributed by atoms with E-state index in [1.165, 1.54) is 42.6 Å². The number of hydrogen-bond donors (Lipinski definition) is 0. The number of rotatable bonds is 6. The summed E-state index contributed by atoms with van der Waals surface area (Å²) in [4.78, 5) is 40.0. The number of halogens is 1. The molecule has 5 rings (SSSR count). The zero-order valence-corrected chi connectivity index (χ0v) is 23.5. The number of amides is 2. The topological polar surface area (TPSA) is 113 Å². The number of aryl methyl sites for hydroxylation is 1. The van der Waals surface area contributed by atoms with Crippen molar-refractivity contribution in [1.82, 2.24) is 19.8 Å². The number of carbonyl (C=O) groups is 2. The summed E-state index contributed by atoms with van der Waals surface area (Å²) < 4.78 is 34.5. The first-order valence-electron chi connectivity index (χ1n) is 12.3. The first-order valence-corrected chi connectivity index (χ1v) is 14.2. The molecule has 0 aliphatic carbocycles. The molecule has 1 unspecified atom stereocenters. The summed E-state index contributed by atoms with van der Waals surface area (Å²) in [7, 11) is 0.259. The minimum atomic E-state index is -4.47. The van der Waals surface area contributed by atoms with Gasteiger partial charge in [0.25, 0.3) is 15.9 Å². The van der Waals surface area contributed by atoms with Crippen LogP contribution in [0.25, 0.3) is 0 Å². The summed E-state index contributed by atoms with van der Waals surface area (Å²) in [5.41, 5.74) is -0.245. The standard InChI is InChI=1S/C27H28ClN5O5S/c1-17-9-12-23(30-16-17)39(36,37)33-21-11-10-18(28)15-20(21)27(26(33)35,19-7-5-13-29-24(19)38-4)32-14-6-8-22(32)25(34)31(2)3/h5,7,9-13,15-16,22H,6,8,14H2,1-4H3/t22?,27-/m1/s1. The fourth-order valence-corrected chi connectivity index (χ4v) is 7.08. The van der Waals surface area contributed by atoms with Crippen LogP contribution in [0.15, 0.2) is 59.9 Å². The molecule has 39 heavy (non-hydrogen) atoms. The third kappa shape index (κ3) is 4.07. The number of methoxy groups -OCH3 is 1. The maximum atomic E-state index is 14.9. The van der Waals surface area contributed by atoms with Gasteiger partial charge in [-0.25, -0.2) is 9.97 Å². The van der Waals surface area contributed by atoms with Gasteiger partial charge in [-0.3, -0.25) is 14.5 Å². The maximum Gasteiger partial charge on any atom is 0.288 e. The van der Waals surface area contributed by atoms with Gasteiger partial charge >= 0.3 is 0 Å². The number of aromatic nitrogens is 2. The average molecular weight is 570 g/mol. The Balaban J connectivity index is 1.85. The predicted octanol–water partition coefficient (Wildman–Crippen LogP) is 2.98. The molecule has 2 aromatic heterocycles. The average Bonchev–Trinajstić information content (AvgIpc) is 3.49. The lowest BCUT2D eigenvalue weighted by molar-refractivity contribution is -0.138. The Hall–Kier alpha value is -3.54. The second-order valence-electron chi connectivity index (χ2n) is 9.76. The number of likely N-dealkylation sites (tertiary alicyclic amines) is 1. The Morgan fingerprint density at radius 3 is 2.59 bits per heavy atom. The number of sulfonamides is 1. The zero-order valence-electron chi connectivity index (χ0n) is 22.0. The normalized spacial score (nSPS) is 21.2. The number of ether oxygens (including phenoxy) is 1. The third-order valence-corrected chi connectivity index (χ3v) is 9.06. The molecule has 3 aromatic rings. The Bertz CT molecular complexity index is 1560. The molecule has 2 aliphatic rings. The molecule has 0 radical (unpaired) electrons. The van der Waals surface area contributed by atoms with E-state index < -0.39 is 27.5 Å². The number of fused-ring (bicyclic) bond motifs is 1. The molecule has 0 bridgehead atoms. The maximum absolute atomic E-state index is 14.9. The highest BCUT2D eigenvalue weighted by atomic mass is 35.5. The molecule has 0 saturated carbocycles. The van der Waals surface area contributed by atoms with Gasteiger partial charge in [0.2, 0.25) is 11.8 Å². The first-order chi connectivity index (χ1) is 18.5. The van der Waals surface area contributed by atoms with Gasteiger partial charge in [-0.2, -0.15) is 12.7 Å². The van der Waals surface area contributed by atoms with E-state index in [1.54, 1.807) is 50.2 Å². The van der Waals surface area contributed by atoms with Gasteiger partial charge in [0.05, 0.1) is 18.8 Å². The number of carbonyl (C=O) groups excluding carboxylic acids is 2. The molecule has 0 spiro atoms. The monoisotopic (exact) mass is 569 g/mol. The lowest BCUT2D eigenvalue weighted by Crippen LogP contribution is -2.59. The van der Waals surface area contributed by atoms with Crippen LogP contribution in [0.4, 0.5) is 5.69 Å². The van der Waals surface area contributed by atoms with Crippen LogP contribution < -0.4 is 9.04 Å². The highest BCUT2D eigenvalue weighted by Gasteiger charge is 2.63. The smallest absolute Gasteiger partial charge is 0.288 e. The van der Waals surface area contributed by atoms with Crippen molar-refractivity contribution >= 4 is 39.1 Å². The minimum Gasteiger partial charge on any atom is -0.481 e. The lowest BCUT2D eigenvalue weighted by Gasteiger charge is -2.41. The van der Waals surface area contributed by atoms with E-state index in [-0.39, 0.29) is 22.5 Å². The Morgan fingerprint density at radius 1 is 1.15 bits per heavy atom. The molecule has 12 heteroatoms. The Kier molecular flexibility index (Phi) is 6.86. The zero-order chi connectivity index (χ0) is 28.1. The number of likely N-dealkylation sites (N-methyl/N-ethyl adjacent to an activating group) is 1. The summed E-state index contributed by atoms with van der Waals surface area (Å²) in [6.45, 7) is 2.13. The highest BCUT2D eigenvalue weighted by molar-refractivity contribution is 7.93. The van der Waals surface area contributed by atoms with Crippen LogP contribution in [0.2, 0.25) is 5.02 Å². The quantitative estimate of drug-likeness (QED) is 0.445. The van der Waals surface area contributed by atoms with E-state index in [0.717, 1.165) is 9.87 Å². The fourth-order valence-electron chi connectivity index (χ4n) is 5.53. The Labute approximate surface area is 232 Å². The molecule has 204 valence electrons. The second-order valence-corrected chi connectivity index (χ2v) is 11.9. The molecule has 0 N–H and O–H groups in total. The number of hydrogen-bond acceptors (Lipinski definition) is 8. The van der Waals surface area contributed by atoms with Crippen molar-refractivity contribution in [3.63, 3.8) is 0 Å². The molecule has 10 nitrogen and oxygen atoms in total. The van der Waals surface area contributed by atoms with Crippen molar-refractivity contribution in [2.24, 2.45) is 0 Å². The third-order valence-electron chi connectivity index (χ3n) is 7.21. The molecule has 1 fully saturated rings. The summed E-state index contributed by atoms with van der Waals surface area (Å²) in [5, 5.41) is 0.0230. The van der Waals surface area contributed by atoms with Crippen molar-refractivity contribution < 1.29 is 22.7 Å². The molecule has 4 heterocycles. The van der Waals surface area contributed by atoms with Gasteiger partial charge in [0.15, 0.2) is 10.6 Å². The van der Waals surface area contributed by atoms with E-state index >= 15 is 0 Å². The van der Waals surface area contributed by atoms with E-state index in [1.807, 2.05) is 0 Å². The van der Waals surface area contributed by atoms with Crippen molar-refractivity contribution in [2.75, 3.05) is 32.1 Å². The number of pyridine rings is 2. The molecule has 2 aliphatic heterocycles. The SMILES string of the molecule is COc1ncccc1[C@]1(N2CCCC2C(=O)N(C)C)C(=O)N(S(=O)(=O)c2ccc(C)cn2)c2ccc(Cl)cc21. The van der Waals surface area contributed by atoms with Crippen LogP contribution in [0.1, 0.15) is 29.5 Å². The van der Waals surface area contributed by atoms with Crippen LogP contribution in [0.3, 0.4) is 0 Å². The molecule has 2 amide bonds. The summed E-state index contributed by atoms with van der Waals surface area (Å²) in [5.74, 6) is -0.855. The van der Waals surface area contributed by atoms with Crippen LogP contribution in [-0.4, -0.2) is 73.8 Å². The first kappa shape index (κ1) is 27.0. The van der Waals surface area contributed by atoms with Crippen molar-refractivity contribution in [2.45, 2.75) is 36.4 Å². The van der Waals surface area contributed by atoms with Gasteiger partial charge in [0.1, 0.15) is 0 Å². The van der Waals surface area contributed by atoms with Crippen LogP contribution in [-0.2, 0) is 25.2 Å². The van der Waals surface area contributed by atoms with Gasteiger partial charge in [-0.1, -0.05) is 17.7 Å². The molecule has 1 aromatic carbocycles. The fraction of sp³-hybridized carbons (Fsp3) is 0.333. The van der Waals surface area contributed by atoms with Crippen LogP contribution >= 0.6 is 11.6 Å². The van der Waals surface area contributed by atoms with Gasteiger partial charge in [0, 0.05) is 49.2 Å². The molecule has 1 saturated heterocycles. The van der Waals surface area contributed by atoms with E-state index in [9.17, 15) is 18.0 Å². The van der Waals surface area contributed by atoms with Crippen LogP contribution in [0, 0.1) is 6.92 Å². The lowest BCUT2D eigenvalue weighted by atomic mass is 9.81. The van der Waals surface area contributed by atoms with Gasteiger partial charge in [-0.15, -0.1) is 0 Å². The second kappa shape index (κ2) is 9.89. The van der Waals surface area contributed by atoms with Crippen molar-refractivity contribution in [3.05, 3.63) is 76.6 Å². The minimum absolute atomic E-state index is 0.126. The summed E-state index contributed by atoms with van der Waals surface area (Å²) in [6, 6.07) is 10.2. The van der Waals surface area contributed by atoms with Gasteiger partial charge in [-0.05, 0) is 61.7 Å². The number of anilines is 1. The summed E-state index contributed by atoms with van der Waals surface area (Å²) >= 11 is 6.48. The van der Waals surface area contributed by atoms with Crippen LogP contribution in [0.5, 0.6) is 5.88 Å².